The Labute approximate surface area is 92.4 Å². The highest BCUT2D eigenvalue weighted by atomic mass is 32.2. The molecule has 2 aliphatic rings. The zero-order chi connectivity index (χ0) is 10.0. The van der Waals surface area contributed by atoms with Crippen molar-refractivity contribution in [3.63, 3.8) is 0 Å². The Bertz CT molecular complexity index is 185. The molecule has 1 saturated carbocycles. The van der Waals surface area contributed by atoms with E-state index in [4.69, 9.17) is 0 Å². The average Bonchev–Trinajstić information content (AvgIpc) is 2.48. The van der Waals surface area contributed by atoms with Crippen LogP contribution in [0.15, 0.2) is 0 Å². The van der Waals surface area contributed by atoms with Gasteiger partial charge in [0.15, 0.2) is 0 Å². The van der Waals surface area contributed by atoms with Gasteiger partial charge in [-0.05, 0) is 42.6 Å². The predicted molar refractivity (Wildman–Crippen MR) is 64.9 cm³/mol. The number of rotatable bonds is 2. The molecule has 82 valence electrons. The van der Waals surface area contributed by atoms with Gasteiger partial charge in [-0.1, -0.05) is 20.3 Å². The van der Waals surface area contributed by atoms with E-state index in [0.29, 0.717) is 5.41 Å². The lowest BCUT2D eigenvalue weighted by atomic mass is 9.86. The van der Waals surface area contributed by atoms with Gasteiger partial charge in [0.1, 0.15) is 0 Å². The van der Waals surface area contributed by atoms with Gasteiger partial charge in [0.2, 0.25) is 0 Å². The SMILES string of the molecule is CC1(C)CCCC1NC1CCSCC1. The standard InChI is InChI=1S/C12H23NS/c1-12(2)7-3-4-11(12)13-10-5-8-14-9-6-10/h10-11,13H,3-9H2,1-2H3. The highest BCUT2D eigenvalue weighted by molar-refractivity contribution is 7.99. The van der Waals surface area contributed by atoms with E-state index in [1.165, 1.54) is 43.6 Å². The van der Waals surface area contributed by atoms with Crippen LogP contribution in [0.1, 0.15) is 46.0 Å². The Kier molecular flexibility index (Phi) is 3.43. The van der Waals surface area contributed by atoms with Crippen LogP contribution in [0.3, 0.4) is 0 Å². The highest BCUT2D eigenvalue weighted by Crippen LogP contribution is 2.37. The van der Waals surface area contributed by atoms with E-state index in [1.54, 1.807) is 0 Å². The molecule has 0 aromatic heterocycles. The van der Waals surface area contributed by atoms with Crippen LogP contribution in [-0.2, 0) is 0 Å². The summed E-state index contributed by atoms with van der Waals surface area (Å²) in [7, 11) is 0. The quantitative estimate of drug-likeness (QED) is 0.756. The van der Waals surface area contributed by atoms with Crippen LogP contribution in [0.5, 0.6) is 0 Å². The second-order valence-electron chi connectivity index (χ2n) is 5.49. The van der Waals surface area contributed by atoms with Gasteiger partial charge < -0.3 is 5.32 Å². The van der Waals surface area contributed by atoms with Crippen molar-refractivity contribution in [2.45, 2.75) is 58.0 Å². The molecular formula is C12H23NS. The summed E-state index contributed by atoms with van der Waals surface area (Å²) in [5, 5.41) is 3.89. The maximum Gasteiger partial charge on any atom is 0.0121 e. The Morgan fingerprint density at radius 1 is 1.14 bits per heavy atom. The minimum absolute atomic E-state index is 0.546. The average molecular weight is 213 g/mol. The second-order valence-corrected chi connectivity index (χ2v) is 6.71. The number of hydrogen-bond acceptors (Lipinski definition) is 2. The molecule has 1 aliphatic carbocycles. The molecule has 14 heavy (non-hydrogen) atoms. The molecule has 0 radical (unpaired) electrons. The molecule has 1 atom stereocenters. The van der Waals surface area contributed by atoms with Crippen molar-refractivity contribution in [1.82, 2.24) is 5.32 Å². The molecule has 0 aromatic carbocycles. The van der Waals surface area contributed by atoms with E-state index in [1.807, 2.05) is 0 Å². The molecule has 2 fully saturated rings. The summed E-state index contributed by atoms with van der Waals surface area (Å²) < 4.78 is 0. The summed E-state index contributed by atoms with van der Waals surface area (Å²) >= 11 is 2.12. The molecule has 0 spiro atoms. The van der Waals surface area contributed by atoms with Gasteiger partial charge in [-0.3, -0.25) is 0 Å². The van der Waals surface area contributed by atoms with Crippen LogP contribution in [0.2, 0.25) is 0 Å². The molecule has 1 heterocycles. The van der Waals surface area contributed by atoms with Crippen molar-refractivity contribution in [2.24, 2.45) is 5.41 Å². The van der Waals surface area contributed by atoms with Crippen molar-refractivity contribution in [3.05, 3.63) is 0 Å². The summed E-state index contributed by atoms with van der Waals surface area (Å²) in [6, 6.07) is 1.61. The van der Waals surface area contributed by atoms with Crippen LogP contribution >= 0.6 is 11.8 Å². The molecule has 1 nitrogen and oxygen atoms in total. The Morgan fingerprint density at radius 3 is 2.43 bits per heavy atom. The van der Waals surface area contributed by atoms with Gasteiger partial charge in [-0.25, -0.2) is 0 Å². The first-order valence-electron chi connectivity index (χ1n) is 6.02. The van der Waals surface area contributed by atoms with Gasteiger partial charge in [-0.2, -0.15) is 11.8 Å². The molecule has 1 unspecified atom stereocenters. The molecule has 0 amide bonds. The molecule has 0 aromatic rings. The molecule has 0 bridgehead atoms. The van der Waals surface area contributed by atoms with Crippen molar-refractivity contribution in [3.8, 4) is 0 Å². The fraction of sp³-hybridized carbons (Fsp3) is 1.00. The lowest BCUT2D eigenvalue weighted by Gasteiger charge is -2.33. The van der Waals surface area contributed by atoms with Crippen molar-refractivity contribution in [1.29, 1.82) is 0 Å². The van der Waals surface area contributed by atoms with Crippen molar-refractivity contribution >= 4 is 11.8 Å². The van der Waals surface area contributed by atoms with Crippen LogP contribution in [0, 0.1) is 5.41 Å². The molecule has 1 N–H and O–H groups in total. The lowest BCUT2D eigenvalue weighted by molar-refractivity contribution is 0.255. The van der Waals surface area contributed by atoms with E-state index in [9.17, 15) is 0 Å². The Morgan fingerprint density at radius 2 is 1.86 bits per heavy atom. The van der Waals surface area contributed by atoms with E-state index in [-0.39, 0.29) is 0 Å². The van der Waals surface area contributed by atoms with Gasteiger partial charge in [-0.15, -0.1) is 0 Å². The molecular weight excluding hydrogens is 190 g/mol. The van der Waals surface area contributed by atoms with E-state index < -0.39 is 0 Å². The second kappa shape index (κ2) is 4.44. The van der Waals surface area contributed by atoms with E-state index in [0.717, 1.165) is 12.1 Å². The highest BCUT2D eigenvalue weighted by Gasteiger charge is 2.35. The zero-order valence-electron chi connectivity index (χ0n) is 9.51. The monoisotopic (exact) mass is 213 g/mol. The normalized spacial score (nSPS) is 33.4. The van der Waals surface area contributed by atoms with Crippen molar-refractivity contribution in [2.75, 3.05) is 11.5 Å². The zero-order valence-corrected chi connectivity index (χ0v) is 10.3. The van der Waals surface area contributed by atoms with Crippen LogP contribution < -0.4 is 5.32 Å². The molecule has 2 heteroatoms. The number of thioether (sulfide) groups is 1. The summed E-state index contributed by atoms with van der Waals surface area (Å²) in [5.74, 6) is 2.73. The van der Waals surface area contributed by atoms with Gasteiger partial charge in [0.25, 0.3) is 0 Å². The lowest BCUT2D eigenvalue weighted by Crippen LogP contribution is -2.45. The minimum Gasteiger partial charge on any atom is -0.311 e. The predicted octanol–water partition coefficient (Wildman–Crippen LogP) is 3.05. The van der Waals surface area contributed by atoms with E-state index >= 15 is 0 Å². The van der Waals surface area contributed by atoms with Gasteiger partial charge in [0, 0.05) is 12.1 Å². The summed E-state index contributed by atoms with van der Waals surface area (Å²) in [6.07, 6.45) is 7.00. The number of nitrogens with one attached hydrogen (secondary N) is 1. The third-order valence-corrected chi connectivity index (χ3v) is 4.96. The fourth-order valence-electron chi connectivity index (χ4n) is 2.78. The van der Waals surface area contributed by atoms with Crippen LogP contribution in [-0.4, -0.2) is 23.6 Å². The fourth-order valence-corrected chi connectivity index (χ4v) is 3.89. The topological polar surface area (TPSA) is 12.0 Å². The van der Waals surface area contributed by atoms with Crippen LogP contribution in [0.4, 0.5) is 0 Å². The first-order valence-corrected chi connectivity index (χ1v) is 7.18. The number of hydrogen-bond donors (Lipinski definition) is 1. The summed E-state index contributed by atoms with van der Waals surface area (Å²) in [4.78, 5) is 0. The third-order valence-electron chi connectivity index (χ3n) is 3.92. The van der Waals surface area contributed by atoms with Crippen molar-refractivity contribution < 1.29 is 0 Å². The first kappa shape index (κ1) is 10.8. The van der Waals surface area contributed by atoms with Gasteiger partial charge in [0.05, 0.1) is 0 Å². The van der Waals surface area contributed by atoms with E-state index in [2.05, 4.69) is 30.9 Å². The third kappa shape index (κ3) is 2.46. The maximum atomic E-state index is 3.89. The molecule has 2 rings (SSSR count). The van der Waals surface area contributed by atoms with Gasteiger partial charge >= 0.3 is 0 Å². The summed E-state index contributed by atoms with van der Waals surface area (Å²) in [6.45, 7) is 4.85. The maximum absolute atomic E-state index is 3.89. The molecule has 1 saturated heterocycles. The minimum atomic E-state index is 0.546. The Balaban J connectivity index is 1.83. The summed E-state index contributed by atoms with van der Waals surface area (Å²) in [5.41, 5.74) is 0.546. The molecule has 1 aliphatic heterocycles. The van der Waals surface area contributed by atoms with Crippen LogP contribution in [0.25, 0.3) is 0 Å². The smallest absolute Gasteiger partial charge is 0.0121 e. The Hall–Kier alpha value is 0.310. The first-order chi connectivity index (χ1) is 6.68. The largest absolute Gasteiger partial charge is 0.311 e.